The van der Waals surface area contributed by atoms with Crippen LogP contribution >= 0.6 is 0 Å². The molecule has 4 aromatic rings. The van der Waals surface area contributed by atoms with E-state index >= 15 is 0 Å². The van der Waals surface area contributed by atoms with Crippen LogP contribution in [0, 0.1) is 5.41 Å². The number of carbonyl (C=O) groups excluding carboxylic acids is 2. The summed E-state index contributed by atoms with van der Waals surface area (Å²) in [7, 11) is 0. The third kappa shape index (κ3) is 9.67. The standard InChI is InChI=1S/C53H62N2O5/c1-12-53(10,11)52(57)59-27-17-26-58-51(56)44-19-14-13-18-43(44)45-29-38(55-50-41(34(6)7)22-16-23-42(50)35(8)9)31-48-46(45)28-36-24-25-37(30-47(36)60-48)54-49-39(32(2)3)20-15-21-40(49)33(4)5/h13-16,18-25,28-35,54H,12,17,26-27H2,1-11H3. The highest BCUT2D eigenvalue weighted by Gasteiger charge is 2.27. The first-order valence-electron chi connectivity index (χ1n) is 21.6. The minimum absolute atomic E-state index is 0.115. The van der Waals surface area contributed by atoms with Crippen LogP contribution in [0.5, 0.6) is 0 Å². The van der Waals surface area contributed by atoms with Crippen LogP contribution in [-0.2, 0) is 14.3 Å². The van der Waals surface area contributed by atoms with Gasteiger partial charge in [0.05, 0.1) is 35.2 Å². The summed E-state index contributed by atoms with van der Waals surface area (Å²) >= 11 is 0. The maximum absolute atomic E-state index is 13.8. The summed E-state index contributed by atoms with van der Waals surface area (Å²) in [6, 6.07) is 32.9. The summed E-state index contributed by atoms with van der Waals surface area (Å²) in [5, 5.41) is 5.41. The van der Waals surface area contributed by atoms with E-state index in [0.717, 1.165) is 44.5 Å². The Kier molecular flexibility index (Phi) is 13.7. The van der Waals surface area contributed by atoms with E-state index in [1.165, 1.54) is 22.3 Å². The van der Waals surface area contributed by atoms with Gasteiger partial charge in [-0.3, -0.25) is 4.79 Å². The van der Waals surface area contributed by atoms with Gasteiger partial charge in [-0.15, -0.1) is 0 Å². The van der Waals surface area contributed by atoms with Gasteiger partial charge in [-0.2, -0.15) is 0 Å². The predicted molar refractivity (Wildman–Crippen MR) is 246 cm³/mol. The Morgan fingerprint density at radius 2 is 1.27 bits per heavy atom. The van der Waals surface area contributed by atoms with E-state index < -0.39 is 11.4 Å². The Bertz CT molecular complexity index is 2470. The fraction of sp³-hybridized carbons (Fsp3) is 0.377. The lowest BCUT2D eigenvalue weighted by molar-refractivity contribution is -0.154. The van der Waals surface area contributed by atoms with Crippen molar-refractivity contribution < 1.29 is 23.5 Å². The Morgan fingerprint density at radius 3 is 1.88 bits per heavy atom. The molecule has 0 spiro atoms. The molecular formula is C53H62N2O5. The molecule has 0 saturated heterocycles. The molecular weight excluding hydrogens is 745 g/mol. The van der Waals surface area contributed by atoms with Crippen molar-refractivity contribution in [2.24, 2.45) is 10.4 Å². The third-order valence-electron chi connectivity index (χ3n) is 11.5. The van der Waals surface area contributed by atoms with Gasteiger partial charge in [0, 0.05) is 40.9 Å². The number of nitrogens with one attached hydrogen (secondary N) is 1. The van der Waals surface area contributed by atoms with Crippen LogP contribution in [0.3, 0.4) is 0 Å². The minimum atomic E-state index is -0.555. The Hall–Kier alpha value is -5.69. The van der Waals surface area contributed by atoms with Crippen molar-refractivity contribution in [2.45, 2.75) is 113 Å². The number of anilines is 2. The fourth-order valence-corrected chi connectivity index (χ4v) is 7.54. The molecule has 0 aromatic heterocycles. The molecule has 0 atom stereocenters. The molecule has 4 aromatic carbocycles. The average molecular weight is 807 g/mol. The van der Waals surface area contributed by atoms with Gasteiger partial charge in [0.25, 0.3) is 0 Å². The van der Waals surface area contributed by atoms with E-state index in [2.05, 4.69) is 127 Å². The number of esters is 2. The normalized spacial score (nSPS) is 12.3. The van der Waals surface area contributed by atoms with Gasteiger partial charge in [0.1, 0.15) is 11.3 Å². The molecule has 60 heavy (non-hydrogen) atoms. The molecule has 1 N–H and O–H groups in total. The first-order valence-corrected chi connectivity index (χ1v) is 21.6. The fourth-order valence-electron chi connectivity index (χ4n) is 7.54. The quantitative estimate of drug-likeness (QED) is 0.0631. The molecule has 0 amide bonds. The van der Waals surface area contributed by atoms with E-state index in [1.807, 2.05) is 45.0 Å². The summed E-state index contributed by atoms with van der Waals surface area (Å²) < 4.78 is 18.1. The Balaban J connectivity index is 1.47. The zero-order valence-corrected chi connectivity index (χ0v) is 37.4. The maximum atomic E-state index is 13.8. The van der Waals surface area contributed by atoms with Crippen molar-refractivity contribution in [3.8, 4) is 22.5 Å². The molecule has 314 valence electrons. The number of ether oxygens (including phenoxy) is 2. The molecule has 6 rings (SSSR count). The van der Waals surface area contributed by atoms with Gasteiger partial charge >= 0.3 is 11.9 Å². The van der Waals surface area contributed by atoms with Crippen molar-refractivity contribution in [1.82, 2.24) is 0 Å². The Labute approximate surface area is 356 Å². The van der Waals surface area contributed by atoms with Crippen molar-refractivity contribution in [2.75, 3.05) is 18.5 Å². The number of nitrogens with zero attached hydrogens (tertiary/aromatic N) is 1. The van der Waals surface area contributed by atoms with Crippen LogP contribution < -0.4 is 10.7 Å². The maximum Gasteiger partial charge on any atom is 0.338 e. The highest BCUT2D eigenvalue weighted by molar-refractivity contribution is 6.01. The highest BCUT2D eigenvalue weighted by atomic mass is 16.5. The van der Waals surface area contributed by atoms with Gasteiger partial charge in [0.2, 0.25) is 0 Å². The summed E-state index contributed by atoms with van der Waals surface area (Å²) in [5.74, 6) is 1.16. The molecule has 1 heterocycles. The van der Waals surface area contributed by atoms with Crippen molar-refractivity contribution in [1.29, 1.82) is 0 Å². The van der Waals surface area contributed by atoms with E-state index in [-0.39, 0.29) is 31.0 Å². The topological polar surface area (TPSA) is 90.1 Å². The predicted octanol–water partition coefficient (Wildman–Crippen LogP) is 14.2. The first kappa shape index (κ1) is 43.9. The molecule has 0 bridgehead atoms. The molecule has 7 nitrogen and oxygen atoms in total. The molecule has 0 fully saturated rings. The van der Waals surface area contributed by atoms with E-state index in [4.69, 9.17) is 18.9 Å². The third-order valence-corrected chi connectivity index (χ3v) is 11.5. The lowest BCUT2D eigenvalue weighted by Crippen LogP contribution is -2.26. The number of hydrogen-bond acceptors (Lipinski definition) is 7. The second kappa shape index (κ2) is 18.7. The largest absolute Gasteiger partial charge is 0.465 e. The van der Waals surface area contributed by atoms with Gasteiger partial charge in [-0.25, -0.2) is 9.79 Å². The molecule has 1 aliphatic heterocycles. The highest BCUT2D eigenvalue weighted by Crippen LogP contribution is 2.40. The number of carbonyl (C=O) groups is 2. The number of fused-ring (bicyclic) bond motifs is 2. The van der Waals surface area contributed by atoms with Gasteiger partial charge in [-0.1, -0.05) is 117 Å². The van der Waals surface area contributed by atoms with Gasteiger partial charge < -0.3 is 19.2 Å². The molecule has 0 saturated carbocycles. The molecule has 0 unspecified atom stereocenters. The smallest absolute Gasteiger partial charge is 0.338 e. The zero-order chi connectivity index (χ0) is 43.3. The molecule has 7 heteroatoms. The number of benzene rings is 5. The van der Waals surface area contributed by atoms with Crippen LogP contribution in [0.4, 0.5) is 17.1 Å². The zero-order valence-electron chi connectivity index (χ0n) is 37.4. The van der Waals surface area contributed by atoms with E-state index in [0.29, 0.717) is 41.6 Å². The van der Waals surface area contributed by atoms with Crippen molar-refractivity contribution in [3.63, 3.8) is 0 Å². The van der Waals surface area contributed by atoms with Gasteiger partial charge in [-0.05, 0) is 108 Å². The summed E-state index contributed by atoms with van der Waals surface area (Å²) in [6.45, 7) is 23.7. The number of rotatable bonds is 15. The SMILES string of the molecule is CCC(C)(C)C(=O)OCCCOC(=O)c1ccccc1-c1cc(=Nc2c(C(C)C)cccc2C(C)C)cc2oc3cc(Nc4c(C(C)C)cccc4C(C)C)ccc3cc1-2. The monoisotopic (exact) mass is 806 g/mol. The van der Waals surface area contributed by atoms with Crippen LogP contribution in [-0.4, -0.2) is 25.2 Å². The van der Waals surface area contributed by atoms with E-state index in [9.17, 15) is 9.59 Å². The number of para-hydroxylation sites is 2. The lowest BCUT2D eigenvalue weighted by Gasteiger charge is -2.21. The van der Waals surface area contributed by atoms with Gasteiger partial charge in [0.15, 0.2) is 0 Å². The average Bonchev–Trinajstić information content (AvgIpc) is 3.22. The van der Waals surface area contributed by atoms with Crippen LogP contribution in [0.2, 0.25) is 0 Å². The summed E-state index contributed by atoms with van der Waals surface area (Å²) in [6.07, 6.45) is 1.08. The molecule has 0 radical (unpaired) electrons. The van der Waals surface area contributed by atoms with Crippen LogP contribution in [0.25, 0.3) is 33.4 Å². The van der Waals surface area contributed by atoms with E-state index in [1.54, 1.807) is 6.07 Å². The number of hydrogen-bond donors (Lipinski definition) is 1. The Morgan fingerprint density at radius 1 is 0.667 bits per heavy atom. The van der Waals surface area contributed by atoms with Crippen molar-refractivity contribution >= 4 is 40.0 Å². The molecule has 2 aliphatic rings. The lowest BCUT2D eigenvalue weighted by atomic mass is 9.91. The summed E-state index contributed by atoms with van der Waals surface area (Å²) in [5.41, 5.74) is 10.9. The second-order valence-electron chi connectivity index (χ2n) is 17.8. The first-order chi connectivity index (χ1) is 28.6. The van der Waals surface area contributed by atoms with Crippen molar-refractivity contribution in [3.05, 3.63) is 130 Å². The summed E-state index contributed by atoms with van der Waals surface area (Å²) in [4.78, 5) is 31.7. The minimum Gasteiger partial charge on any atom is -0.465 e. The second-order valence-corrected chi connectivity index (χ2v) is 17.8. The van der Waals surface area contributed by atoms with Crippen LogP contribution in [0.15, 0.2) is 106 Å². The molecule has 1 aliphatic carbocycles. The van der Waals surface area contributed by atoms with Crippen LogP contribution in [0.1, 0.15) is 145 Å².